The molecule has 0 fully saturated rings. The van der Waals surface area contributed by atoms with Crippen LogP contribution in [0.1, 0.15) is 22.3 Å². The molecular weight excluding hydrogens is 803 g/mol. The molecule has 0 amide bonds. The molecule has 3 heterocycles. The lowest BCUT2D eigenvalue weighted by molar-refractivity contribution is 0.770. The van der Waals surface area contributed by atoms with Crippen molar-refractivity contribution in [2.75, 3.05) is 0 Å². The number of hydrogen-bond donors (Lipinski definition) is 0. The summed E-state index contributed by atoms with van der Waals surface area (Å²) < 4.78 is 5.12. The van der Waals surface area contributed by atoms with Crippen molar-refractivity contribution in [3.05, 3.63) is 235 Å². The van der Waals surface area contributed by atoms with Crippen molar-refractivity contribution >= 4 is 63.0 Å². The quantitative estimate of drug-likeness (QED) is 0.167. The molecule has 0 atom stereocenters. The average molecular weight is 838 g/mol. The van der Waals surface area contributed by atoms with E-state index in [1.807, 2.05) is 83.3 Å². The van der Waals surface area contributed by atoms with Gasteiger partial charge in [0.1, 0.15) is 0 Å². The average Bonchev–Trinajstić information content (AvgIpc) is 4.02. The molecule has 0 saturated carbocycles. The van der Waals surface area contributed by atoms with Gasteiger partial charge in [-0.2, -0.15) is 0 Å². The Labute approximate surface area is 372 Å². The maximum atomic E-state index is 5.04. The van der Waals surface area contributed by atoms with Gasteiger partial charge in [-0.1, -0.05) is 170 Å². The molecule has 0 saturated heterocycles. The third-order valence-electron chi connectivity index (χ3n) is 12.8. The molecule has 0 radical (unpaired) electrons. The molecule has 12 aromatic rings. The first-order chi connectivity index (χ1) is 31.2. The van der Waals surface area contributed by atoms with Gasteiger partial charge in [0.15, 0.2) is 17.5 Å². The van der Waals surface area contributed by atoms with Crippen molar-refractivity contribution in [1.82, 2.24) is 15.0 Å². The molecule has 0 aliphatic heterocycles. The number of nitrogens with zero attached hydrogens (tertiary/aromatic N) is 3. The molecular formula is C58H35N3S2. The van der Waals surface area contributed by atoms with E-state index in [9.17, 15) is 0 Å². The number of rotatable bonds is 6. The van der Waals surface area contributed by atoms with Crippen molar-refractivity contribution in [3.8, 4) is 56.4 Å². The molecule has 0 N–H and O–H groups in total. The first-order valence-corrected chi connectivity index (χ1v) is 22.9. The van der Waals surface area contributed by atoms with Crippen LogP contribution in [-0.4, -0.2) is 15.0 Å². The van der Waals surface area contributed by atoms with Crippen LogP contribution in [0.4, 0.5) is 0 Å². The summed E-state index contributed by atoms with van der Waals surface area (Å²) in [7, 11) is 0. The van der Waals surface area contributed by atoms with Crippen LogP contribution in [0.15, 0.2) is 212 Å². The monoisotopic (exact) mass is 837 g/mol. The van der Waals surface area contributed by atoms with Crippen LogP contribution in [-0.2, 0) is 5.41 Å². The number of thiophene rings is 2. The van der Waals surface area contributed by atoms with Crippen LogP contribution < -0.4 is 0 Å². The fourth-order valence-electron chi connectivity index (χ4n) is 9.93. The maximum absolute atomic E-state index is 5.04. The molecule has 294 valence electrons. The van der Waals surface area contributed by atoms with Crippen LogP contribution in [0.5, 0.6) is 0 Å². The Morgan fingerprint density at radius 3 is 1.40 bits per heavy atom. The highest BCUT2D eigenvalue weighted by Crippen LogP contribution is 2.57. The predicted octanol–water partition coefficient (Wildman–Crippen LogP) is 15.6. The summed E-state index contributed by atoms with van der Waals surface area (Å²) in [6.07, 6.45) is 0. The van der Waals surface area contributed by atoms with E-state index in [1.54, 1.807) is 0 Å². The van der Waals surface area contributed by atoms with Gasteiger partial charge in [-0.15, -0.1) is 22.7 Å². The molecule has 63 heavy (non-hydrogen) atoms. The summed E-state index contributed by atoms with van der Waals surface area (Å²) in [4.78, 5) is 15.0. The summed E-state index contributed by atoms with van der Waals surface area (Å²) in [5.74, 6) is 1.98. The lowest BCUT2D eigenvalue weighted by atomic mass is 9.67. The predicted molar refractivity (Wildman–Crippen MR) is 265 cm³/mol. The zero-order valence-corrected chi connectivity index (χ0v) is 35.5. The van der Waals surface area contributed by atoms with E-state index in [-0.39, 0.29) is 0 Å². The normalized spacial score (nSPS) is 12.9. The van der Waals surface area contributed by atoms with E-state index >= 15 is 0 Å². The first kappa shape index (κ1) is 36.1. The van der Waals surface area contributed by atoms with Gasteiger partial charge in [0.05, 0.1) is 5.41 Å². The maximum Gasteiger partial charge on any atom is 0.164 e. The van der Waals surface area contributed by atoms with Crippen LogP contribution in [0.2, 0.25) is 0 Å². The SMILES string of the molecule is c1ccc(-c2nc(-c3ccccc3)nc(-c3ccc4sc5ccc(-c6ccc(C7(c8ccc9c(c8)sc8ccccc89)c8ccccc8-c8ccccc87)cc6)cc5c4c3)n2)cc1. The minimum absolute atomic E-state index is 0.476. The Hall–Kier alpha value is -7.57. The van der Waals surface area contributed by atoms with Gasteiger partial charge in [-0.3, -0.25) is 0 Å². The Bertz CT molecular complexity index is 3630. The highest BCUT2D eigenvalue weighted by atomic mass is 32.1. The van der Waals surface area contributed by atoms with Crippen LogP contribution in [0.25, 0.3) is 96.8 Å². The highest BCUT2D eigenvalue weighted by molar-refractivity contribution is 7.26. The second-order valence-corrected chi connectivity index (χ2v) is 18.5. The lowest BCUT2D eigenvalue weighted by Gasteiger charge is -2.34. The van der Waals surface area contributed by atoms with E-state index in [1.165, 1.54) is 84.9 Å². The van der Waals surface area contributed by atoms with Crippen molar-refractivity contribution in [1.29, 1.82) is 0 Å². The largest absolute Gasteiger partial charge is 0.208 e. The summed E-state index contributed by atoms with van der Waals surface area (Å²) in [5.41, 5.74) is 12.6. The van der Waals surface area contributed by atoms with Gasteiger partial charge in [-0.05, 0) is 87.0 Å². The fourth-order valence-corrected chi connectivity index (χ4v) is 12.1. The molecule has 0 spiro atoms. The fraction of sp³-hybridized carbons (Fsp3) is 0.0172. The topological polar surface area (TPSA) is 38.7 Å². The third kappa shape index (κ3) is 5.67. The highest BCUT2D eigenvalue weighted by Gasteiger charge is 2.46. The number of aromatic nitrogens is 3. The zero-order chi connectivity index (χ0) is 41.5. The minimum Gasteiger partial charge on any atom is -0.208 e. The van der Waals surface area contributed by atoms with Crippen molar-refractivity contribution < 1.29 is 0 Å². The van der Waals surface area contributed by atoms with Gasteiger partial charge < -0.3 is 0 Å². The molecule has 3 nitrogen and oxygen atoms in total. The second-order valence-electron chi connectivity index (χ2n) is 16.3. The molecule has 1 aliphatic rings. The summed E-state index contributed by atoms with van der Waals surface area (Å²) in [6.45, 7) is 0. The van der Waals surface area contributed by atoms with E-state index < -0.39 is 5.41 Å². The molecule has 9 aromatic carbocycles. The lowest BCUT2D eigenvalue weighted by Crippen LogP contribution is -2.28. The molecule has 1 aliphatic carbocycles. The zero-order valence-electron chi connectivity index (χ0n) is 33.9. The van der Waals surface area contributed by atoms with Crippen molar-refractivity contribution in [2.24, 2.45) is 0 Å². The van der Waals surface area contributed by atoms with Gasteiger partial charge >= 0.3 is 0 Å². The smallest absolute Gasteiger partial charge is 0.164 e. The third-order valence-corrected chi connectivity index (χ3v) is 15.1. The number of hydrogen-bond acceptors (Lipinski definition) is 5. The summed E-state index contributed by atoms with van der Waals surface area (Å²) >= 11 is 3.71. The van der Waals surface area contributed by atoms with Crippen LogP contribution in [0.3, 0.4) is 0 Å². The molecule has 13 rings (SSSR count). The van der Waals surface area contributed by atoms with Gasteiger partial charge in [-0.25, -0.2) is 15.0 Å². The van der Waals surface area contributed by atoms with Gasteiger partial charge in [0, 0.05) is 57.0 Å². The summed E-state index contributed by atoms with van der Waals surface area (Å²) in [6, 6.07) is 77.1. The van der Waals surface area contributed by atoms with Gasteiger partial charge in [0.2, 0.25) is 0 Å². The number of benzene rings is 9. The van der Waals surface area contributed by atoms with E-state index in [0.29, 0.717) is 17.5 Å². The van der Waals surface area contributed by atoms with Crippen molar-refractivity contribution in [2.45, 2.75) is 5.41 Å². The molecule has 3 aromatic heterocycles. The molecule has 5 heteroatoms. The van der Waals surface area contributed by atoms with Crippen molar-refractivity contribution in [3.63, 3.8) is 0 Å². The Balaban J connectivity index is 0.933. The van der Waals surface area contributed by atoms with Crippen LogP contribution in [0, 0.1) is 0 Å². The Morgan fingerprint density at radius 1 is 0.286 bits per heavy atom. The molecule has 0 unspecified atom stereocenters. The Kier molecular flexibility index (Phi) is 8.17. The first-order valence-electron chi connectivity index (χ1n) is 21.2. The van der Waals surface area contributed by atoms with E-state index in [2.05, 4.69) is 152 Å². The van der Waals surface area contributed by atoms with Gasteiger partial charge in [0.25, 0.3) is 0 Å². The second kappa shape index (κ2) is 14.2. The summed E-state index contributed by atoms with van der Waals surface area (Å²) in [5, 5.41) is 5.06. The van der Waals surface area contributed by atoms with Crippen LogP contribution >= 0.6 is 22.7 Å². The van der Waals surface area contributed by atoms with E-state index in [4.69, 9.17) is 15.0 Å². The standard InChI is InChI=1S/C58H35N3S2/c1-3-13-37(14-4-1)55-59-56(38-15-5-2-6-16-38)61-57(60-55)40-26-32-53-48(34-40)47-33-39(25-31-52(47)62-53)36-23-27-41(28-24-36)58(49-20-10-7-17-43(49)44-18-8-11-21-50(44)58)42-29-30-46-45-19-9-12-22-51(45)63-54(46)35-42/h1-35H. The number of fused-ring (bicyclic) bond motifs is 9. The van der Waals surface area contributed by atoms with E-state index in [0.717, 1.165) is 16.7 Å². The minimum atomic E-state index is -0.476. The Morgan fingerprint density at radius 2 is 0.746 bits per heavy atom. The molecule has 0 bridgehead atoms.